The van der Waals surface area contributed by atoms with E-state index in [1.165, 1.54) is 0 Å². The SMILES string of the molecule is O=C(O)c1c(-c2nc3ccccc3o2)ccc2ccccc12. The van der Waals surface area contributed by atoms with Gasteiger partial charge in [0.15, 0.2) is 5.58 Å². The van der Waals surface area contributed by atoms with E-state index in [1.54, 1.807) is 12.1 Å². The first-order chi connectivity index (χ1) is 10.7. The maximum atomic E-state index is 11.8. The zero-order chi connectivity index (χ0) is 15.1. The summed E-state index contributed by atoms with van der Waals surface area (Å²) >= 11 is 0. The Kier molecular flexibility index (Phi) is 2.69. The minimum Gasteiger partial charge on any atom is -0.478 e. The summed E-state index contributed by atoms with van der Waals surface area (Å²) in [5, 5.41) is 11.2. The highest BCUT2D eigenvalue weighted by molar-refractivity contribution is 6.09. The van der Waals surface area contributed by atoms with Gasteiger partial charge in [-0.2, -0.15) is 0 Å². The lowest BCUT2D eigenvalue weighted by Gasteiger charge is -2.06. The maximum absolute atomic E-state index is 11.8. The van der Waals surface area contributed by atoms with Gasteiger partial charge < -0.3 is 9.52 Å². The van der Waals surface area contributed by atoms with E-state index in [2.05, 4.69) is 4.98 Å². The van der Waals surface area contributed by atoms with Crippen LogP contribution in [0.25, 0.3) is 33.3 Å². The van der Waals surface area contributed by atoms with Gasteiger partial charge in [-0.3, -0.25) is 0 Å². The molecule has 0 unspecified atom stereocenters. The molecule has 0 radical (unpaired) electrons. The smallest absolute Gasteiger partial charge is 0.337 e. The lowest BCUT2D eigenvalue weighted by Crippen LogP contribution is -2.01. The van der Waals surface area contributed by atoms with Gasteiger partial charge in [0.05, 0.1) is 11.1 Å². The first-order valence-electron chi connectivity index (χ1n) is 6.85. The van der Waals surface area contributed by atoms with Crippen LogP contribution in [0.4, 0.5) is 0 Å². The summed E-state index contributed by atoms with van der Waals surface area (Å²) in [5.41, 5.74) is 2.05. The molecule has 0 aliphatic heterocycles. The van der Waals surface area contributed by atoms with Crippen LogP contribution in [0.2, 0.25) is 0 Å². The summed E-state index contributed by atoms with van der Waals surface area (Å²) in [6, 6.07) is 18.4. The third-order valence-corrected chi connectivity index (χ3v) is 3.67. The highest BCUT2D eigenvalue weighted by Crippen LogP contribution is 2.31. The fraction of sp³-hybridized carbons (Fsp3) is 0. The first-order valence-corrected chi connectivity index (χ1v) is 6.85. The summed E-state index contributed by atoms with van der Waals surface area (Å²) in [6.45, 7) is 0. The second kappa shape index (κ2) is 4.70. The molecule has 3 aromatic carbocycles. The number of hydrogen-bond acceptors (Lipinski definition) is 3. The van der Waals surface area contributed by atoms with Gasteiger partial charge in [0.1, 0.15) is 5.52 Å². The normalized spacial score (nSPS) is 11.1. The minimum absolute atomic E-state index is 0.213. The van der Waals surface area contributed by atoms with Crippen molar-refractivity contribution in [3.8, 4) is 11.5 Å². The zero-order valence-corrected chi connectivity index (χ0v) is 11.5. The summed E-state index contributed by atoms with van der Waals surface area (Å²) in [7, 11) is 0. The number of benzene rings is 3. The quantitative estimate of drug-likeness (QED) is 0.596. The van der Waals surface area contributed by atoms with Gasteiger partial charge in [0, 0.05) is 0 Å². The van der Waals surface area contributed by atoms with Crippen LogP contribution in [0, 0.1) is 0 Å². The molecule has 4 rings (SSSR count). The van der Waals surface area contributed by atoms with Crippen LogP contribution in [0.15, 0.2) is 65.1 Å². The number of hydrogen-bond donors (Lipinski definition) is 1. The number of oxazole rings is 1. The van der Waals surface area contributed by atoms with Crippen molar-refractivity contribution in [2.75, 3.05) is 0 Å². The molecule has 0 fully saturated rings. The molecule has 1 N–H and O–H groups in total. The Morgan fingerprint density at radius 2 is 1.73 bits per heavy atom. The number of carbonyl (C=O) groups is 1. The number of nitrogens with zero attached hydrogens (tertiary/aromatic N) is 1. The number of rotatable bonds is 2. The molecule has 4 heteroatoms. The fourth-order valence-electron chi connectivity index (χ4n) is 2.67. The Morgan fingerprint density at radius 1 is 0.955 bits per heavy atom. The predicted octanol–water partition coefficient (Wildman–Crippen LogP) is 4.35. The second-order valence-corrected chi connectivity index (χ2v) is 5.00. The molecular formula is C18H11NO3. The van der Waals surface area contributed by atoms with Crippen molar-refractivity contribution in [2.24, 2.45) is 0 Å². The molecule has 0 bridgehead atoms. The van der Waals surface area contributed by atoms with Crippen LogP contribution in [-0.4, -0.2) is 16.1 Å². The number of carboxylic acids is 1. The highest BCUT2D eigenvalue weighted by Gasteiger charge is 2.19. The Bertz CT molecular complexity index is 984. The van der Waals surface area contributed by atoms with Gasteiger partial charge in [-0.15, -0.1) is 0 Å². The van der Waals surface area contributed by atoms with Crippen molar-refractivity contribution >= 4 is 27.8 Å². The number of carboxylic acid groups (broad SMARTS) is 1. The van der Waals surface area contributed by atoms with Gasteiger partial charge in [0.2, 0.25) is 5.89 Å². The van der Waals surface area contributed by atoms with Crippen LogP contribution in [0.1, 0.15) is 10.4 Å². The standard InChI is InChI=1S/C18H11NO3/c20-18(21)16-12-6-2-1-5-11(12)9-10-13(16)17-19-14-7-3-4-8-15(14)22-17/h1-10H,(H,20,21). The number of aromatic carboxylic acids is 1. The number of fused-ring (bicyclic) bond motifs is 2. The molecule has 0 aliphatic carbocycles. The summed E-state index contributed by atoms with van der Waals surface area (Å²) in [5.74, 6) is -0.668. The van der Waals surface area contributed by atoms with E-state index in [9.17, 15) is 9.90 Å². The summed E-state index contributed by atoms with van der Waals surface area (Å²) < 4.78 is 5.72. The van der Waals surface area contributed by atoms with Crippen LogP contribution < -0.4 is 0 Å². The topological polar surface area (TPSA) is 63.3 Å². The molecule has 4 nitrogen and oxygen atoms in total. The van der Waals surface area contributed by atoms with E-state index < -0.39 is 5.97 Å². The van der Waals surface area contributed by atoms with Gasteiger partial charge in [0.25, 0.3) is 0 Å². The largest absolute Gasteiger partial charge is 0.478 e. The zero-order valence-electron chi connectivity index (χ0n) is 11.5. The predicted molar refractivity (Wildman–Crippen MR) is 83.9 cm³/mol. The Balaban J connectivity index is 2.05. The van der Waals surface area contributed by atoms with E-state index >= 15 is 0 Å². The Hall–Kier alpha value is -3.14. The van der Waals surface area contributed by atoms with Crippen LogP contribution in [0.5, 0.6) is 0 Å². The van der Waals surface area contributed by atoms with Gasteiger partial charge in [-0.05, 0) is 29.0 Å². The van der Waals surface area contributed by atoms with Crippen molar-refractivity contribution in [3.63, 3.8) is 0 Å². The van der Waals surface area contributed by atoms with Gasteiger partial charge in [-0.25, -0.2) is 9.78 Å². The third kappa shape index (κ3) is 1.85. The van der Waals surface area contributed by atoms with E-state index in [0.29, 0.717) is 27.9 Å². The molecule has 106 valence electrons. The molecule has 1 heterocycles. The Morgan fingerprint density at radius 3 is 2.55 bits per heavy atom. The summed E-state index contributed by atoms with van der Waals surface area (Å²) in [6.07, 6.45) is 0. The minimum atomic E-state index is -0.992. The van der Waals surface area contributed by atoms with Crippen LogP contribution in [0.3, 0.4) is 0 Å². The average molecular weight is 289 g/mol. The molecule has 0 atom stereocenters. The van der Waals surface area contributed by atoms with Gasteiger partial charge in [-0.1, -0.05) is 42.5 Å². The molecule has 0 saturated carbocycles. The molecule has 4 aromatic rings. The lowest BCUT2D eigenvalue weighted by atomic mass is 9.99. The molecule has 0 amide bonds. The van der Waals surface area contributed by atoms with Crippen LogP contribution in [-0.2, 0) is 0 Å². The lowest BCUT2D eigenvalue weighted by molar-refractivity contribution is 0.0699. The van der Waals surface area contributed by atoms with Crippen molar-refractivity contribution in [3.05, 3.63) is 66.2 Å². The first kappa shape index (κ1) is 12.6. The molecule has 0 saturated heterocycles. The van der Waals surface area contributed by atoms with E-state index in [0.717, 1.165) is 5.39 Å². The van der Waals surface area contributed by atoms with E-state index in [1.807, 2.05) is 48.5 Å². The Labute approximate surface area is 125 Å². The molecule has 22 heavy (non-hydrogen) atoms. The van der Waals surface area contributed by atoms with E-state index in [-0.39, 0.29) is 5.56 Å². The van der Waals surface area contributed by atoms with Crippen LogP contribution >= 0.6 is 0 Å². The summed E-state index contributed by atoms with van der Waals surface area (Å²) in [4.78, 5) is 16.2. The highest BCUT2D eigenvalue weighted by atomic mass is 16.4. The second-order valence-electron chi connectivity index (χ2n) is 5.00. The maximum Gasteiger partial charge on any atom is 0.337 e. The average Bonchev–Trinajstić information content (AvgIpc) is 2.97. The molecular weight excluding hydrogens is 278 g/mol. The van der Waals surface area contributed by atoms with E-state index in [4.69, 9.17) is 4.42 Å². The van der Waals surface area contributed by atoms with Gasteiger partial charge >= 0.3 is 5.97 Å². The monoisotopic (exact) mass is 289 g/mol. The fourth-order valence-corrected chi connectivity index (χ4v) is 2.67. The van der Waals surface area contributed by atoms with Crippen molar-refractivity contribution in [1.82, 2.24) is 4.98 Å². The molecule has 0 aliphatic rings. The molecule has 0 spiro atoms. The molecule has 1 aromatic heterocycles. The number of para-hydroxylation sites is 2. The van der Waals surface area contributed by atoms with Crippen molar-refractivity contribution in [1.29, 1.82) is 0 Å². The third-order valence-electron chi connectivity index (χ3n) is 3.67. The van der Waals surface area contributed by atoms with Crippen molar-refractivity contribution in [2.45, 2.75) is 0 Å². The van der Waals surface area contributed by atoms with Crippen molar-refractivity contribution < 1.29 is 14.3 Å². The number of aromatic nitrogens is 1.